The highest BCUT2D eigenvalue weighted by molar-refractivity contribution is 7.26. The molecule has 0 N–H and O–H groups in total. The van der Waals surface area contributed by atoms with Gasteiger partial charge in [0.15, 0.2) is 0 Å². The summed E-state index contributed by atoms with van der Waals surface area (Å²) in [6.45, 7) is 0. The summed E-state index contributed by atoms with van der Waals surface area (Å²) in [5.41, 5.74) is 5.48. The Hall–Kier alpha value is -2.38. The Morgan fingerprint density at radius 1 is 0.818 bits per heavy atom. The van der Waals surface area contributed by atoms with E-state index in [1.807, 2.05) is 11.3 Å². The van der Waals surface area contributed by atoms with Gasteiger partial charge in [-0.15, -0.1) is 11.3 Å². The number of hydrogen-bond acceptors (Lipinski definition) is 1. The van der Waals surface area contributed by atoms with E-state index in [9.17, 15) is 0 Å². The van der Waals surface area contributed by atoms with Gasteiger partial charge in [0.1, 0.15) is 0 Å². The number of fused-ring (bicyclic) bond motifs is 4. The number of hydrogen-bond donors (Lipinski definition) is 0. The van der Waals surface area contributed by atoms with Gasteiger partial charge in [-0.05, 0) is 40.8 Å². The maximum absolute atomic E-state index is 2.33. The zero-order chi connectivity index (χ0) is 14.5. The highest BCUT2D eigenvalue weighted by atomic mass is 32.1. The molecular weight excluding hydrogens is 284 g/mol. The largest absolute Gasteiger partial charge is 0.135 e. The molecule has 22 heavy (non-hydrogen) atoms. The van der Waals surface area contributed by atoms with E-state index in [4.69, 9.17) is 0 Å². The first-order valence-electron chi connectivity index (χ1n) is 7.60. The van der Waals surface area contributed by atoms with Crippen molar-refractivity contribution in [1.29, 1.82) is 0 Å². The lowest BCUT2D eigenvalue weighted by molar-refractivity contribution is 1.31. The molecule has 0 bridgehead atoms. The number of rotatable bonds is 1. The van der Waals surface area contributed by atoms with Crippen molar-refractivity contribution in [3.63, 3.8) is 0 Å². The first-order chi connectivity index (χ1) is 10.9. The number of allylic oxidation sites excluding steroid dienone is 1. The summed E-state index contributed by atoms with van der Waals surface area (Å²) >= 11 is 1.90. The Morgan fingerprint density at radius 2 is 1.73 bits per heavy atom. The van der Waals surface area contributed by atoms with Crippen LogP contribution in [0.3, 0.4) is 0 Å². The van der Waals surface area contributed by atoms with Crippen molar-refractivity contribution >= 4 is 37.6 Å². The summed E-state index contributed by atoms with van der Waals surface area (Å²) in [6.07, 6.45) is 5.56. The monoisotopic (exact) mass is 298 g/mol. The van der Waals surface area contributed by atoms with Crippen LogP contribution in [0.2, 0.25) is 0 Å². The third-order valence-corrected chi connectivity index (χ3v) is 5.72. The second kappa shape index (κ2) is 4.56. The molecule has 3 aromatic carbocycles. The Balaban J connectivity index is 1.82. The van der Waals surface area contributed by atoms with Gasteiger partial charge in [0.25, 0.3) is 0 Å². The number of benzene rings is 3. The molecule has 1 aliphatic rings. The SMILES string of the molecule is C1=Cc2cc(-c3cccc4c3sc3ccccc34)ccc2C1. The molecule has 1 aromatic heterocycles. The average Bonchev–Trinajstić information content (AvgIpc) is 3.18. The maximum atomic E-state index is 2.33. The van der Waals surface area contributed by atoms with E-state index in [0.717, 1.165) is 6.42 Å². The van der Waals surface area contributed by atoms with Gasteiger partial charge in [0, 0.05) is 20.2 Å². The van der Waals surface area contributed by atoms with Crippen molar-refractivity contribution in [1.82, 2.24) is 0 Å². The van der Waals surface area contributed by atoms with E-state index in [1.54, 1.807) is 0 Å². The van der Waals surface area contributed by atoms with Crippen LogP contribution in [0, 0.1) is 0 Å². The van der Waals surface area contributed by atoms with E-state index in [0.29, 0.717) is 0 Å². The van der Waals surface area contributed by atoms with E-state index < -0.39 is 0 Å². The van der Waals surface area contributed by atoms with Crippen LogP contribution in [0.25, 0.3) is 37.4 Å². The van der Waals surface area contributed by atoms with Gasteiger partial charge in [0.2, 0.25) is 0 Å². The summed E-state index contributed by atoms with van der Waals surface area (Å²) in [6, 6.07) is 22.2. The fourth-order valence-electron chi connectivity index (χ4n) is 3.39. The normalized spacial score (nSPS) is 13.1. The van der Waals surface area contributed by atoms with Crippen LogP contribution in [-0.4, -0.2) is 0 Å². The fourth-order valence-corrected chi connectivity index (χ4v) is 4.63. The van der Waals surface area contributed by atoms with E-state index >= 15 is 0 Å². The van der Waals surface area contributed by atoms with Crippen molar-refractivity contribution in [3.8, 4) is 11.1 Å². The Kier molecular flexibility index (Phi) is 2.53. The second-order valence-electron chi connectivity index (χ2n) is 5.80. The van der Waals surface area contributed by atoms with Gasteiger partial charge in [-0.2, -0.15) is 0 Å². The van der Waals surface area contributed by atoms with Crippen LogP contribution in [0.1, 0.15) is 11.1 Å². The fraction of sp³-hybridized carbons (Fsp3) is 0.0476. The lowest BCUT2D eigenvalue weighted by Crippen LogP contribution is -1.84. The molecule has 4 aromatic rings. The Labute approximate surface area is 133 Å². The molecule has 1 heteroatoms. The summed E-state index contributed by atoms with van der Waals surface area (Å²) in [5.74, 6) is 0. The molecule has 0 aliphatic heterocycles. The van der Waals surface area contributed by atoms with Crippen LogP contribution in [0.4, 0.5) is 0 Å². The van der Waals surface area contributed by atoms with E-state index in [2.05, 4.69) is 72.8 Å². The van der Waals surface area contributed by atoms with Crippen LogP contribution >= 0.6 is 11.3 Å². The lowest BCUT2D eigenvalue weighted by Gasteiger charge is -2.06. The molecule has 0 radical (unpaired) electrons. The van der Waals surface area contributed by atoms with Crippen molar-refractivity contribution in [2.75, 3.05) is 0 Å². The average molecular weight is 298 g/mol. The van der Waals surface area contributed by atoms with Gasteiger partial charge < -0.3 is 0 Å². The molecule has 1 aliphatic carbocycles. The summed E-state index contributed by atoms with van der Waals surface area (Å²) < 4.78 is 2.76. The van der Waals surface area contributed by atoms with Gasteiger partial charge in [-0.3, -0.25) is 0 Å². The molecule has 104 valence electrons. The molecule has 5 rings (SSSR count). The minimum Gasteiger partial charge on any atom is -0.135 e. The van der Waals surface area contributed by atoms with E-state index in [-0.39, 0.29) is 0 Å². The van der Waals surface area contributed by atoms with E-state index in [1.165, 1.54) is 42.4 Å². The molecule has 0 saturated carbocycles. The minimum atomic E-state index is 1.07. The topological polar surface area (TPSA) is 0 Å². The van der Waals surface area contributed by atoms with Crippen LogP contribution in [-0.2, 0) is 6.42 Å². The molecule has 0 fully saturated rings. The zero-order valence-corrected chi connectivity index (χ0v) is 12.9. The maximum Gasteiger partial charge on any atom is 0.0433 e. The molecule has 0 unspecified atom stereocenters. The molecular formula is C21H14S. The molecule has 0 amide bonds. The Bertz CT molecular complexity index is 1050. The highest BCUT2D eigenvalue weighted by Gasteiger charge is 2.12. The first kappa shape index (κ1) is 12.2. The standard InChI is InChI=1S/C21H14S/c1-2-10-20-18(7-1)19-9-4-8-17(21(19)22-20)16-12-11-14-5-3-6-15(14)13-16/h1-4,6-13H,5H2. The van der Waals surface area contributed by atoms with Crippen LogP contribution < -0.4 is 0 Å². The molecule has 0 saturated heterocycles. The number of thiophene rings is 1. The third kappa shape index (κ3) is 1.69. The lowest BCUT2D eigenvalue weighted by atomic mass is 9.99. The minimum absolute atomic E-state index is 1.07. The molecule has 0 atom stereocenters. The predicted octanol–water partition coefficient (Wildman–Crippen LogP) is 6.29. The summed E-state index contributed by atoms with van der Waals surface area (Å²) in [5, 5.41) is 2.74. The second-order valence-corrected chi connectivity index (χ2v) is 6.85. The molecule has 1 heterocycles. The predicted molar refractivity (Wildman–Crippen MR) is 97.5 cm³/mol. The van der Waals surface area contributed by atoms with Gasteiger partial charge in [-0.1, -0.05) is 60.7 Å². The van der Waals surface area contributed by atoms with Crippen molar-refractivity contribution in [2.45, 2.75) is 6.42 Å². The zero-order valence-electron chi connectivity index (χ0n) is 12.0. The summed E-state index contributed by atoms with van der Waals surface area (Å²) in [4.78, 5) is 0. The van der Waals surface area contributed by atoms with Crippen molar-refractivity contribution in [2.24, 2.45) is 0 Å². The van der Waals surface area contributed by atoms with Crippen molar-refractivity contribution < 1.29 is 0 Å². The van der Waals surface area contributed by atoms with Crippen molar-refractivity contribution in [3.05, 3.63) is 77.9 Å². The highest BCUT2D eigenvalue weighted by Crippen LogP contribution is 2.40. The first-order valence-corrected chi connectivity index (χ1v) is 8.42. The van der Waals surface area contributed by atoms with Crippen LogP contribution in [0.15, 0.2) is 66.7 Å². The molecule has 0 nitrogen and oxygen atoms in total. The summed E-state index contributed by atoms with van der Waals surface area (Å²) in [7, 11) is 0. The van der Waals surface area contributed by atoms with Gasteiger partial charge in [0.05, 0.1) is 0 Å². The molecule has 0 spiro atoms. The van der Waals surface area contributed by atoms with Gasteiger partial charge >= 0.3 is 0 Å². The third-order valence-electron chi connectivity index (χ3n) is 4.50. The quantitative estimate of drug-likeness (QED) is 0.387. The van der Waals surface area contributed by atoms with Gasteiger partial charge in [-0.25, -0.2) is 0 Å². The van der Waals surface area contributed by atoms with Crippen LogP contribution in [0.5, 0.6) is 0 Å². The Morgan fingerprint density at radius 3 is 2.73 bits per heavy atom. The smallest absolute Gasteiger partial charge is 0.0433 e.